The Morgan fingerprint density at radius 3 is 2.69 bits per heavy atom. The van der Waals surface area contributed by atoms with Gasteiger partial charge in [0.15, 0.2) is 0 Å². The number of hydrogen-bond acceptors (Lipinski definition) is 3. The first-order valence-electron chi connectivity index (χ1n) is 6.09. The van der Waals surface area contributed by atoms with Crippen molar-refractivity contribution in [3.63, 3.8) is 0 Å². The topological polar surface area (TPSA) is 37.0 Å². The van der Waals surface area contributed by atoms with E-state index in [1.165, 1.54) is 5.56 Å². The van der Waals surface area contributed by atoms with Crippen molar-refractivity contribution in [3.05, 3.63) is 30.1 Å². The van der Waals surface area contributed by atoms with Gasteiger partial charge in [0.1, 0.15) is 0 Å². The van der Waals surface area contributed by atoms with Gasteiger partial charge in [-0.1, -0.05) is 19.9 Å². The Morgan fingerprint density at radius 2 is 2.00 bits per heavy atom. The van der Waals surface area contributed by atoms with Crippen LogP contribution >= 0.6 is 0 Å². The van der Waals surface area contributed by atoms with Crippen LogP contribution in [0.2, 0.25) is 0 Å². The number of hydrogen-bond donors (Lipinski definition) is 2. The van der Waals surface area contributed by atoms with E-state index in [1.807, 2.05) is 18.5 Å². The van der Waals surface area contributed by atoms with Crippen LogP contribution in [0.1, 0.15) is 19.4 Å². The van der Waals surface area contributed by atoms with E-state index in [1.54, 1.807) is 0 Å². The summed E-state index contributed by atoms with van der Waals surface area (Å²) in [5.74, 6) is 0.732. The molecule has 0 amide bonds. The Bertz CT molecular complexity index is 259. The average Bonchev–Trinajstić information content (AvgIpc) is 2.29. The Morgan fingerprint density at radius 1 is 1.19 bits per heavy atom. The highest BCUT2D eigenvalue weighted by Crippen LogP contribution is 1.94. The summed E-state index contributed by atoms with van der Waals surface area (Å²) in [4.78, 5) is 4.09. The molecule has 0 spiro atoms. The van der Waals surface area contributed by atoms with Gasteiger partial charge in [-0.3, -0.25) is 4.98 Å². The molecule has 0 saturated heterocycles. The van der Waals surface area contributed by atoms with E-state index < -0.39 is 0 Å². The Hall–Kier alpha value is -0.930. The number of rotatable bonds is 8. The van der Waals surface area contributed by atoms with Gasteiger partial charge in [-0.05, 0) is 37.1 Å². The summed E-state index contributed by atoms with van der Waals surface area (Å²) in [5.41, 5.74) is 1.30. The molecule has 0 aliphatic heterocycles. The van der Waals surface area contributed by atoms with Gasteiger partial charge in [-0.25, -0.2) is 0 Å². The number of nitrogens with zero attached hydrogens (tertiary/aromatic N) is 1. The summed E-state index contributed by atoms with van der Waals surface area (Å²) in [6.07, 6.45) is 4.80. The SMILES string of the molecule is CC(C)CNCCNCCc1cccnc1. The lowest BCUT2D eigenvalue weighted by atomic mass is 10.2. The minimum atomic E-state index is 0.732. The van der Waals surface area contributed by atoms with Gasteiger partial charge in [0.05, 0.1) is 0 Å². The maximum Gasteiger partial charge on any atom is 0.0300 e. The molecule has 0 bridgehead atoms. The first kappa shape index (κ1) is 13.1. The van der Waals surface area contributed by atoms with E-state index in [4.69, 9.17) is 0 Å². The summed E-state index contributed by atoms with van der Waals surface area (Å²) in [5, 5.41) is 6.83. The Balaban J connectivity index is 1.93. The second kappa shape index (κ2) is 8.25. The van der Waals surface area contributed by atoms with Gasteiger partial charge < -0.3 is 10.6 Å². The van der Waals surface area contributed by atoms with Crippen LogP contribution in [-0.4, -0.2) is 31.2 Å². The minimum Gasteiger partial charge on any atom is -0.315 e. The highest BCUT2D eigenvalue weighted by Gasteiger charge is 1.93. The lowest BCUT2D eigenvalue weighted by Gasteiger charge is -2.08. The summed E-state index contributed by atoms with van der Waals surface area (Å²) in [7, 11) is 0. The zero-order valence-corrected chi connectivity index (χ0v) is 10.4. The van der Waals surface area contributed by atoms with Gasteiger partial charge in [0, 0.05) is 25.5 Å². The van der Waals surface area contributed by atoms with E-state index in [0.717, 1.165) is 38.5 Å². The Kier molecular flexibility index (Phi) is 6.77. The molecular weight excluding hydrogens is 198 g/mol. The third-order valence-electron chi connectivity index (χ3n) is 2.34. The maximum absolute atomic E-state index is 4.09. The van der Waals surface area contributed by atoms with Crippen molar-refractivity contribution >= 4 is 0 Å². The molecular formula is C13H23N3. The first-order valence-corrected chi connectivity index (χ1v) is 6.09. The summed E-state index contributed by atoms with van der Waals surface area (Å²) >= 11 is 0. The number of pyridine rings is 1. The molecule has 1 aromatic rings. The zero-order valence-electron chi connectivity index (χ0n) is 10.4. The molecule has 0 radical (unpaired) electrons. The second-order valence-corrected chi connectivity index (χ2v) is 4.46. The molecule has 3 heteroatoms. The van der Waals surface area contributed by atoms with Crippen molar-refractivity contribution < 1.29 is 0 Å². The van der Waals surface area contributed by atoms with E-state index in [0.29, 0.717) is 0 Å². The van der Waals surface area contributed by atoms with E-state index in [2.05, 4.69) is 35.5 Å². The van der Waals surface area contributed by atoms with Crippen LogP contribution in [0.5, 0.6) is 0 Å². The zero-order chi connectivity index (χ0) is 11.6. The van der Waals surface area contributed by atoms with Crippen LogP contribution in [0.25, 0.3) is 0 Å². The molecule has 1 aromatic heterocycles. The van der Waals surface area contributed by atoms with Gasteiger partial charge >= 0.3 is 0 Å². The minimum absolute atomic E-state index is 0.732. The fourth-order valence-electron chi connectivity index (χ4n) is 1.47. The third kappa shape index (κ3) is 6.53. The van der Waals surface area contributed by atoms with Crippen molar-refractivity contribution in [2.75, 3.05) is 26.2 Å². The van der Waals surface area contributed by atoms with Crippen LogP contribution in [0.3, 0.4) is 0 Å². The molecule has 0 aliphatic rings. The average molecular weight is 221 g/mol. The smallest absolute Gasteiger partial charge is 0.0300 e. The largest absolute Gasteiger partial charge is 0.315 e. The number of aromatic nitrogens is 1. The molecule has 1 heterocycles. The van der Waals surface area contributed by atoms with Gasteiger partial charge in [0.2, 0.25) is 0 Å². The van der Waals surface area contributed by atoms with Crippen LogP contribution in [0.15, 0.2) is 24.5 Å². The summed E-state index contributed by atoms with van der Waals surface area (Å²) < 4.78 is 0. The molecule has 0 unspecified atom stereocenters. The maximum atomic E-state index is 4.09. The molecule has 1 rings (SSSR count). The molecule has 3 nitrogen and oxygen atoms in total. The van der Waals surface area contributed by atoms with Crippen molar-refractivity contribution in [1.82, 2.24) is 15.6 Å². The number of nitrogens with one attached hydrogen (secondary N) is 2. The van der Waals surface area contributed by atoms with Crippen molar-refractivity contribution in [3.8, 4) is 0 Å². The normalized spacial score (nSPS) is 10.9. The highest BCUT2D eigenvalue weighted by molar-refractivity contribution is 5.08. The monoisotopic (exact) mass is 221 g/mol. The molecule has 0 fully saturated rings. The van der Waals surface area contributed by atoms with Gasteiger partial charge in [-0.15, -0.1) is 0 Å². The first-order chi connectivity index (χ1) is 7.79. The quantitative estimate of drug-likeness (QED) is 0.653. The highest BCUT2D eigenvalue weighted by atomic mass is 14.9. The van der Waals surface area contributed by atoms with E-state index >= 15 is 0 Å². The fourth-order valence-corrected chi connectivity index (χ4v) is 1.47. The molecule has 90 valence electrons. The van der Waals surface area contributed by atoms with Crippen molar-refractivity contribution in [2.24, 2.45) is 5.92 Å². The van der Waals surface area contributed by atoms with Crippen LogP contribution in [0.4, 0.5) is 0 Å². The summed E-state index contributed by atoms with van der Waals surface area (Å²) in [6, 6.07) is 4.10. The molecule has 0 aliphatic carbocycles. The van der Waals surface area contributed by atoms with Crippen LogP contribution < -0.4 is 10.6 Å². The second-order valence-electron chi connectivity index (χ2n) is 4.46. The standard InChI is InChI=1S/C13H23N3/c1-12(2)10-16-9-8-14-7-5-13-4-3-6-15-11-13/h3-4,6,11-12,14,16H,5,7-10H2,1-2H3. The fraction of sp³-hybridized carbons (Fsp3) is 0.615. The van der Waals surface area contributed by atoms with Crippen molar-refractivity contribution in [1.29, 1.82) is 0 Å². The van der Waals surface area contributed by atoms with Crippen LogP contribution in [0, 0.1) is 5.92 Å². The lowest BCUT2D eigenvalue weighted by Crippen LogP contribution is -2.30. The molecule has 2 N–H and O–H groups in total. The molecule has 0 saturated carbocycles. The third-order valence-corrected chi connectivity index (χ3v) is 2.34. The summed E-state index contributed by atoms with van der Waals surface area (Å²) in [6.45, 7) is 8.66. The predicted octanol–water partition coefficient (Wildman–Crippen LogP) is 1.46. The van der Waals surface area contributed by atoms with Gasteiger partial charge in [-0.2, -0.15) is 0 Å². The van der Waals surface area contributed by atoms with E-state index in [-0.39, 0.29) is 0 Å². The Labute approximate surface area is 98.7 Å². The molecule has 16 heavy (non-hydrogen) atoms. The van der Waals surface area contributed by atoms with Crippen LogP contribution in [-0.2, 0) is 6.42 Å². The van der Waals surface area contributed by atoms with E-state index in [9.17, 15) is 0 Å². The van der Waals surface area contributed by atoms with Gasteiger partial charge in [0.25, 0.3) is 0 Å². The van der Waals surface area contributed by atoms with Crippen molar-refractivity contribution in [2.45, 2.75) is 20.3 Å². The predicted molar refractivity (Wildman–Crippen MR) is 68.5 cm³/mol. The molecule has 0 atom stereocenters. The lowest BCUT2D eigenvalue weighted by molar-refractivity contribution is 0.536. The molecule has 0 aromatic carbocycles.